The molecule has 0 aromatic rings. The monoisotopic (exact) mass is 1060 g/mol. The number of methoxy groups -OCH3 is 1. The van der Waals surface area contributed by atoms with Crippen molar-refractivity contribution in [3.8, 4) is 0 Å². The first-order chi connectivity index (χ1) is 34.0. The third-order valence-electron chi connectivity index (χ3n) is 18.7. The quantitative estimate of drug-likeness (QED) is 0.107. The van der Waals surface area contributed by atoms with Crippen LogP contribution in [-0.4, -0.2) is 71.9 Å². The average molecular weight is 1060 g/mol. The number of esters is 6. The van der Waals surface area contributed by atoms with Crippen molar-refractivity contribution in [1.29, 1.82) is 0 Å². The van der Waals surface area contributed by atoms with Crippen LogP contribution < -0.4 is 0 Å². The highest BCUT2D eigenvalue weighted by molar-refractivity contribution is 5.78. The molecule has 6 aliphatic carbocycles. The van der Waals surface area contributed by atoms with Gasteiger partial charge in [0.25, 0.3) is 0 Å². The maximum Gasteiger partial charge on any atom is 0.312 e. The molecule has 0 radical (unpaired) electrons. The number of cyclic esters (lactones) is 1. The Morgan fingerprint density at radius 2 is 0.840 bits per heavy atom. The van der Waals surface area contributed by atoms with Gasteiger partial charge in [0, 0.05) is 5.92 Å². The molecule has 0 aromatic carbocycles. The number of ether oxygens (including phenoxy) is 6. The molecule has 6 bridgehead atoms. The smallest absolute Gasteiger partial charge is 0.312 e. The minimum atomic E-state index is -0.590. The fraction of sp³-hybridized carbons (Fsp3) is 0.905. The van der Waals surface area contributed by atoms with Gasteiger partial charge in [-0.2, -0.15) is 0 Å². The highest BCUT2D eigenvalue weighted by atomic mass is 16.6. The largest absolute Gasteiger partial charge is 0.469 e. The molecule has 6 saturated carbocycles. The molecule has 0 amide bonds. The Kier molecular flexibility index (Phi) is 23.7. The van der Waals surface area contributed by atoms with Crippen molar-refractivity contribution >= 4 is 35.8 Å². The molecule has 4 atom stereocenters. The molecular weight excluding hydrogens is 949 g/mol. The van der Waals surface area contributed by atoms with E-state index < -0.39 is 22.0 Å². The molecule has 0 N–H and O–H groups in total. The van der Waals surface area contributed by atoms with Gasteiger partial charge in [-0.25, -0.2) is 0 Å². The standard InChI is InChI=1S/C20H38O4.C17H28O2.C10H20O2.C9H12O2.C7H14O2/c1-11-17(3,4)15(21)23-19(7,8)13-14-20(9,10)24-16(22)18(5,6)12-2;1-5-16(2,3)15(18)19-17(4)13-7-11-6-12(9-13)10-14(17)8-11;1-7-10(5,6)8(11)12-9(2,3)4;10-9-8-6-2-1-5(3-6)7(8)4-11-9;1-5-7(2,3)6(8)9-4/h11-14H2,1-10H3;11-14H,5-10H2,1-4H3;7H2,1-6H3;5-8H,1-4H2;5H2,1-4H3. The Balaban J connectivity index is 0.000000336. The normalized spacial score (nSPS) is 26.7. The van der Waals surface area contributed by atoms with Crippen LogP contribution in [0.3, 0.4) is 0 Å². The first-order valence-electron chi connectivity index (χ1n) is 29.2. The van der Waals surface area contributed by atoms with Crippen molar-refractivity contribution in [1.82, 2.24) is 0 Å². The zero-order chi connectivity index (χ0) is 58.1. The minimum absolute atomic E-state index is 0.0185. The highest BCUT2D eigenvalue weighted by Crippen LogP contribution is 2.60. The Bertz CT molecular complexity index is 1840. The van der Waals surface area contributed by atoms with E-state index in [1.165, 1.54) is 58.5 Å². The van der Waals surface area contributed by atoms with Crippen LogP contribution in [0.1, 0.15) is 256 Å². The van der Waals surface area contributed by atoms with Crippen molar-refractivity contribution in [2.24, 2.45) is 74.4 Å². The molecule has 1 saturated heterocycles. The van der Waals surface area contributed by atoms with Crippen LogP contribution in [-0.2, 0) is 57.2 Å². The summed E-state index contributed by atoms with van der Waals surface area (Å²) in [4.78, 5) is 70.6. The first-order valence-corrected chi connectivity index (χ1v) is 29.2. The third kappa shape index (κ3) is 19.0. The van der Waals surface area contributed by atoms with Gasteiger partial charge in [-0.1, -0.05) is 34.6 Å². The highest BCUT2D eigenvalue weighted by Gasteiger charge is 2.58. The summed E-state index contributed by atoms with van der Waals surface area (Å²) in [5, 5.41) is 0. The second-order valence-corrected chi connectivity index (χ2v) is 29.0. The fourth-order valence-corrected chi connectivity index (χ4v) is 10.8. The van der Waals surface area contributed by atoms with Gasteiger partial charge < -0.3 is 28.4 Å². The number of hydrogen-bond donors (Lipinski definition) is 0. The number of carbonyl (C=O) groups is 6. The van der Waals surface area contributed by atoms with Crippen molar-refractivity contribution in [3.63, 3.8) is 0 Å². The number of carbonyl (C=O) groups excluding carboxylic acids is 6. The second kappa shape index (κ2) is 26.2. The van der Waals surface area contributed by atoms with Crippen molar-refractivity contribution in [2.75, 3.05) is 13.7 Å². The zero-order valence-corrected chi connectivity index (χ0v) is 52.3. The van der Waals surface area contributed by atoms with E-state index in [0.29, 0.717) is 42.4 Å². The maximum atomic E-state index is 12.5. The lowest BCUT2D eigenvalue weighted by Crippen LogP contribution is -2.58. The van der Waals surface area contributed by atoms with Crippen molar-refractivity contribution < 1.29 is 57.2 Å². The van der Waals surface area contributed by atoms with Crippen LogP contribution >= 0.6 is 0 Å². The molecule has 1 aliphatic heterocycles. The molecule has 436 valence electrons. The molecule has 7 aliphatic rings. The van der Waals surface area contributed by atoms with E-state index >= 15 is 0 Å². The first kappa shape index (κ1) is 67.9. The summed E-state index contributed by atoms with van der Waals surface area (Å²) >= 11 is 0. The molecule has 7 rings (SSSR count). The van der Waals surface area contributed by atoms with E-state index in [9.17, 15) is 28.8 Å². The van der Waals surface area contributed by atoms with Gasteiger partial charge in [0.1, 0.15) is 22.4 Å². The summed E-state index contributed by atoms with van der Waals surface area (Å²) < 4.78 is 32.4. The van der Waals surface area contributed by atoms with Crippen molar-refractivity contribution in [2.45, 2.75) is 278 Å². The molecule has 0 aromatic heterocycles. The fourth-order valence-electron chi connectivity index (χ4n) is 10.8. The summed E-state index contributed by atoms with van der Waals surface area (Å²) in [5.41, 5.74) is -3.68. The van der Waals surface area contributed by atoms with Crippen LogP contribution in [0, 0.1) is 74.4 Å². The summed E-state index contributed by atoms with van der Waals surface area (Å²) in [6, 6.07) is 0. The van der Waals surface area contributed by atoms with E-state index in [2.05, 4.69) is 18.6 Å². The maximum absolute atomic E-state index is 12.5. The summed E-state index contributed by atoms with van der Waals surface area (Å²) in [7, 11) is 1.42. The van der Waals surface area contributed by atoms with Crippen LogP contribution in [0.25, 0.3) is 0 Å². The molecular formula is C63H112O12. The van der Waals surface area contributed by atoms with E-state index in [1.54, 1.807) is 0 Å². The molecule has 75 heavy (non-hydrogen) atoms. The van der Waals surface area contributed by atoms with Gasteiger partial charge in [-0.15, -0.1) is 0 Å². The molecule has 0 spiro atoms. The number of hydrogen-bond acceptors (Lipinski definition) is 12. The van der Waals surface area contributed by atoms with Gasteiger partial charge in [0.15, 0.2) is 0 Å². The van der Waals surface area contributed by atoms with Crippen LogP contribution in [0.5, 0.6) is 0 Å². The van der Waals surface area contributed by atoms with Gasteiger partial charge in [-0.05, 0) is 256 Å². The second-order valence-electron chi connectivity index (χ2n) is 29.0. The van der Waals surface area contributed by atoms with E-state index in [0.717, 1.165) is 56.5 Å². The lowest BCUT2D eigenvalue weighted by molar-refractivity contribution is -0.211. The van der Waals surface area contributed by atoms with Gasteiger partial charge >= 0.3 is 35.8 Å². The summed E-state index contributed by atoms with van der Waals surface area (Å²) in [6.45, 7) is 45.4. The van der Waals surface area contributed by atoms with Crippen LogP contribution in [0.2, 0.25) is 0 Å². The van der Waals surface area contributed by atoms with E-state index in [1.807, 2.05) is 145 Å². The van der Waals surface area contributed by atoms with E-state index in [-0.39, 0.29) is 63.3 Å². The third-order valence-corrected chi connectivity index (χ3v) is 18.7. The lowest BCUT2D eigenvalue weighted by atomic mass is 9.50. The van der Waals surface area contributed by atoms with Gasteiger partial charge in [0.05, 0.1) is 46.7 Å². The predicted octanol–water partition coefficient (Wildman–Crippen LogP) is 15.0. The van der Waals surface area contributed by atoms with Crippen LogP contribution in [0.4, 0.5) is 0 Å². The minimum Gasteiger partial charge on any atom is -0.469 e. The van der Waals surface area contributed by atoms with Gasteiger partial charge in [0.2, 0.25) is 0 Å². The molecule has 7 fully saturated rings. The summed E-state index contributed by atoms with van der Waals surface area (Å²) in [6.07, 6.45) is 15.8. The Morgan fingerprint density at radius 3 is 1.17 bits per heavy atom. The molecule has 12 nitrogen and oxygen atoms in total. The predicted molar refractivity (Wildman–Crippen MR) is 298 cm³/mol. The Labute approximate surface area is 457 Å². The Hall–Kier alpha value is -3.18. The molecule has 4 unspecified atom stereocenters. The zero-order valence-electron chi connectivity index (χ0n) is 52.3. The molecule has 12 heteroatoms. The van der Waals surface area contributed by atoms with E-state index in [4.69, 9.17) is 23.7 Å². The summed E-state index contributed by atoms with van der Waals surface area (Å²) in [5.74, 6) is 5.05. The van der Waals surface area contributed by atoms with Crippen LogP contribution in [0.15, 0.2) is 0 Å². The van der Waals surface area contributed by atoms with Gasteiger partial charge in [-0.3, -0.25) is 28.8 Å². The SMILES string of the molecule is CCC(C)(C)C(=O)OC.CCC(C)(C)C(=O)OC(C)(C)C.CCC(C)(C)C(=O)OC(C)(C)CCC(C)(C)OC(=O)C(C)(C)CC.CCC(C)(C)C(=O)OC1(C)C2CC3CC(C2)CC1C3.O=C1OCC2C3CCC(C3)C12. The number of fused-ring (bicyclic) bond motifs is 5. The molecule has 1 heterocycles. The lowest BCUT2D eigenvalue weighted by Gasteiger charge is -2.59. The average Bonchev–Trinajstić information content (AvgIpc) is 4.05. The Morgan fingerprint density at radius 1 is 0.493 bits per heavy atom. The topological polar surface area (TPSA) is 158 Å². The van der Waals surface area contributed by atoms with Crippen molar-refractivity contribution in [3.05, 3.63) is 0 Å². The number of rotatable bonds is 16.